The number of terminal acetylenes is 1. The molecule has 2 N–H and O–H groups in total. The van der Waals surface area contributed by atoms with Gasteiger partial charge in [0.1, 0.15) is 12.4 Å². The molecule has 136 valence electrons. The van der Waals surface area contributed by atoms with E-state index in [4.69, 9.17) is 11.2 Å². The molecule has 2 amide bonds. The van der Waals surface area contributed by atoms with E-state index in [1.165, 1.54) is 0 Å². The Kier molecular flexibility index (Phi) is 7.58. The first-order valence-corrected chi connectivity index (χ1v) is 8.64. The molecule has 0 unspecified atom stereocenters. The third-order valence-electron chi connectivity index (χ3n) is 4.42. The molecule has 1 aromatic carbocycles. The van der Waals surface area contributed by atoms with Gasteiger partial charge < -0.3 is 20.3 Å². The molecular weight excluding hydrogens is 316 g/mol. The molecular formula is C19H28N4O2. The molecule has 0 aliphatic carbocycles. The fourth-order valence-corrected chi connectivity index (χ4v) is 2.79. The molecule has 1 saturated heterocycles. The molecule has 2 rings (SSSR count). The smallest absolute Gasteiger partial charge is 0.314 e. The van der Waals surface area contributed by atoms with Crippen molar-refractivity contribution >= 4 is 6.03 Å². The molecule has 6 heteroatoms. The minimum Gasteiger partial charge on any atom is -0.481 e. The van der Waals surface area contributed by atoms with Gasteiger partial charge in [0.25, 0.3) is 0 Å². The molecule has 0 bridgehead atoms. The summed E-state index contributed by atoms with van der Waals surface area (Å²) >= 11 is 0. The van der Waals surface area contributed by atoms with Crippen molar-refractivity contribution in [2.24, 2.45) is 0 Å². The maximum Gasteiger partial charge on any atom is 0.314 e. The summed E-state index contributed by atoms with van der Waals surface area (Å²) in [7, 11) is 4.22. The monoisotopic (exact) mass is 344 g/mol. The molecule has 0 radical (unpaired) electrons. The largest absolute Gasteiger partial charge is 0.481 e. The number of ether oxygens (including phenoxy) is 1. The number of carbonyl (C=O) groups excluding carboxylic acids is 1. The van der Waals surface area contributed by atoms with Crippen LogP contribution >= 0.6 is 0 Å². The highest BCUT2D eigenvalue weighted by Gasteiger charge is 2.22. The van der Waals surface area contributed by atoms with Crippen LogP contribution in [-0.2, 0) is 6.42 Å². The van der Waals surface area contributed by atoms with Crippen LogP contribution in [0.4, 0.5) is 4.79 Å². The van der Waals surface area contributed by atoms with Crippen molar-refractivity contribution in [2.45, 2.75) is 12.5 Å². The van der Waals surface area contributed by atoms with Crippen molar-refractivity contribution in [2.75, 3.05) is 53.4 Å². The van der Waals surface area contributed by atoms with Gasteiger partial charge in [0.05, 0.1) is 0 Å². The van der Waals surface area contributed by atoms with Crippen molar-refractivity contribution in [3.05, 3.63) is 29.8 Å². The number of urea groups is 1. The van der Waals surface area contributed by atoms with E-state index in [0.717, 1.165) is 37.4 Å². The van der Waals surface area contributed by atoms with E-state index in [9.17, 15) is 4.79 Å². The molecule has 1 aliphatic heterocycles. The van der Waals surface area contributed by atoms with Gasteiger partial charge in [-0.15, -0.1) is 6.42 Å². The van der Waals surface area contributed by atoms with Crippen LogP contribution in [0.3, 0.4) is 0 Å². The normalized spacial score (nSPS) is 18.4. The number of likely N-dealkylation sites (N-methyl/N-ethyl adjacent to an activating group) is 2. The lowest BCUT2D eigenvalue weighted by Crippen LogP contribution is -2.55. The van der Waals surface area contributed by atoms with E-state index in [1.807, 2.05) is 24.3 Å². The summed E-state index contributed by atoms with van der Waals surface area (Å²) < 4.78 is 5.34. The zero-order valence-electron chi connectivity index (χ0n) is 15.1. The SMILES string of the molecule is C#CCOc1ccc(CCNC(=O)NC[C@H]2CN(C)CCN2C)cc1. The van der Waals surface area contributed by atoms with E-state index in [2.05, 4.69) is 40.4 Å². The Morgan fingerprint density at radius 1 is 1.28 bits per heavy atom. The van der Waals surface area contributed by atoms with Gasteiger partial charge >= 0.3 is 6.03 Å². The lowest BCUT2D eigenvalue weighted by molar-refractivity contribution is 0.114. The average molecular weight is 344 g/mol. The predicted octanol–water partition coefficient (Wildman–Crippen LogP) is 0.786. The van der Waals surface area contributed by atoms with Crippen LogP contribution in [-0.4, -0.2) is 75.3 Å². The second-order valence-corrected chi connectivity index (χ2v) is 6.42. The number of nitrogens with one attached hydrogen (secondary N) is 2. The maximum atomic E-state index is 11.9. The second kappa shape index (κ2) is 9.92. The number of nitrogens with zero attached hydrogens (tertiary/aromatic N) is 2. The van der Waals surface area contributed by atoms with Gasteiger partial charge in [-0.3, -0.25) is 4.90 Å². The fraction of sp³-hybridized carbons (Fsp3) is 0.526. The maximum absolute atomic E-state index is 11.9. The van der Waals surface area contributed by atoms with Crippen molar-refractivity contribution < 1.29 is 9.53 Å². The standard InChI is InChI=1S/C19H28N4O2/c1-4-13-25-18-7-5-16(6-8-18)9-10-20-19(24)21-14-17-15-22(2)11-12-23(17)3/h1,5-8,17H,9-15H2,2-3H3,(H2,20,21,24)/t17-/m0/s1. The minimum absolute atomic E-state index is 0.115. The number of hydrogen-bond donors (Lipinski definition) is 2. The highest BCUT2D eigenvalue weighted by Crippen LogP contribution is 2.12. The summed E-state index contributed by atoms with van der Waals surface area (Å²) in [5.41, 5.74) is 1.14. The number of piperazine rings is 1. The van der Waals surface area contributed by atoms with Crippen LogP contribution in [0.15, 0.2) is 24.3 Å². The first-order chi connectivity index (χ1) is 12.1. The Hall–Kier alpha value is -2.23. The van der Waals surface area contributed by atoms with E-state index in [1.54, 1.807) is 0 Å². The summed E-state index contributed by atoms with van der Waals surface area (Å²) in [5.74, 6) is 3.19. The van der Waals surface area contributed by atoms with Crippen LogP contribution in [0.1, 0.15) is 5.56 Å². The third-order valence-corrected chi connectivity index (χ3v) is 4.42. The number of rotatable bonds is 7. The molecule has 1 atom stereocenters. The summed E-state index contributed by atoms with van der Waals surface area (Å²) in [6, 6.07) is 8.00. The van der Waals surface area contributed by atoms with Gasteiger partial charge in [0.2, 0.25) is 0 Å². The Morgan fingerprint density at radius 2 is 2.04 bits per heavy atom. The number of amides is 2. The molecule has 1 fully saturated rings. The van der Waals surface area contributed by atoms with E-state index >= 15 is 0 Å². The van der Waals surface area contributed by atoms with Crippen LogP contribution in [0.2, 0.25) is 0 Å². The predicted molar refractivity (Wildman–Crippen MR) is 99.8 cm³/mol. The molecule has 25 heavy (non-hydrogen) atoms. The van der Waals surface area contributed by atoms with Gasteiger partial charge in [-0.05, 0) is 38.2 Å². The Bertz CT molecular complexity index is 582. The highest BCUT2D eigenvalue weighted by molar-refractivity contribution is 5.73. The first kappa shape index (κ1) is 19.1. The molecule has 0 aromatic heterocycles. The Labute approximate surface area is 150 Å². The first-order valence-electron chi connectivity index (χ1n) is 8.64. The van der Waals surface area contributed by atoms with Gasteiger partial charge in [-0.2, -0.15) is 0 Å². The number of benzene rings is 1. The zero-order chi connectivity index (χ0) is 18.1. The number of hydrogen-bond acceptors (Lipinski definition) is 4. The van der Waals surface area contributed by atoms with Crippen molar-refractivity contribution in [3.8, 4) is 18.1 Å². The van der Waals surface area contributed by atoms with Gasteiger partial charge in [-0.1, -0.05) is 18.1 Å². The lowest BCUT2D eigenvalue weighted by atomic mass is 10.1. The van der Waals surface area contributed by atoms with Gasteiger partial charge in [-0.25, -0.2) is 4.79 Å². The Morgan fingerprint density at radius 3 is 2.76 bits per heavy atom. The van der Waals surface area contributed by atoms with Crippen molar-refractivity contribution in [3.63, 3.8) is 0 Å². The zero-order valence-corrected chi connectivity index (χ0v) is 15.1. The van der Waals surface area contributed by atoms with Crippen molar-refractivity contribution in [1.29, 1.82) is 0 Å². The highest BCUT2D eigenvalue weighted by atomic mass is 16.5. The van der Waals surface area contributed by atoms with E-state index < -0.39 is 0 Å². The molecule has 1 heterocycles. The van der Waals surface area contributed by atoms with E-state index in [0.29, 0.717) is 19.1 Å². The van der Waals surface area contributed by atoms with Gasteiger partial charge in [0.15, 0.2) is 0 Å². The topological polar surface area (TPSA) is 56.8 Å². The fourth-order valence-electron chi connectivity index (χ4n) is 2.79. The third kappa shape index (κ3) is 6.65. The molecule has 6 nitrogen and oxygen atoms in total. The van der Waals surface area contributed by atoms with Gasteiger partial charge in [0, 0.05) is 38.8 Å². The molecule has 0 spiro atoms. The average Bonchev–Trinajstić information content (AvgIpc) is 2.62. The summed E-state index contributed by atoms with van der Waals surface area (Å²) in [5, 5.41) is 5.87. The minimum atomic E-state index is -0.115. The van der Waals surface area contributed by atoms with Crippen LogP contribution in [0, 0.1) is 12.3 Å². The molecule has 0 saturated carbocycles. The second-order valence-electron chi connectivity index (χ2n) is 6.42. The van der Waals surface area contributed by atoms with Crippen LogP contribution in [0.25, 0.3) is 0 Å². The van der Waals surface area contributed by atoms with Crippen LogP contribution < -0.4 is 15.4 Å². The summed E-state index contributed by atoms with van der Waals surface area (Å²) in [6.07, 6.45) is 5.93. The van der Waals surface area contributed by atoms with Crippen molar-refractivity contribution in [1.82, 2.24) is 20.4 Å². The molecule has 1 aliphatic rings. The molecule has 1 aromatic rings. The Balaban J connectivity index is 1.64. The van der Waals surface area contributed by atoms with E-state index in [-0.39, 0.29) is 12.6 Å². The quantitative estimate of drug-likeness (QED) is 0.718. The number of carbonyl (C=O) groups is 1. The van der Waals surface area contributed by atoms with Crippen LogP contribution in [0.5, 0.6) is 5.75 Å². The lowest BCUT2D eigenvalue weighted by Gasteiger charge is -2.37. The summed E-state index contributed by atoms with van der Waals surface area (Å²) in [4.78, 5) is 16.5. The summed E-state index contributed by atoms with van der Waals surface area (Å²) in [6.45, 7) is 4.61.